The van der Waals surface area contributed by atoms with E-state index in [-0.39, 0.29) is 11.8 Å². The second-order valence-corrected chi connectivity index (χ2v) is 6.99. The minimum atomic E-state index is 0.220. The maximum Gasteiger partial charge on any atom is 0.223 e. The maximum absolute atomic E-state index is 12.1. The third kappa shape index (κ3) is 5.59. The highest BCUT2D eigenvalue weighted by Crippen LogP contribution is 2.21. The van der Waals surface area contributed by atoms with E-state index in [4.69, 9.17) is 0 Å². The summed E-state index contributed by atoms with van der Waals surface area (Å²) in [5.74, 6) is 0.487. The number of carbonyl (C=O) groups excluding carboxylic acids is 1. The van der Waals surface area contributed by atoms with Crippen LogP contribution in [0.4, 0.5) is 0 Å². The summed E-state index contributed by atoms with van der Waals surface area (Å²) in [7, 11) is 2.24. The second kappa shape index (κ2) is 8.74. The molecular weight excluding hydrogens is 262 g/mol. The number of nitrogens with one attached hydrogen (secondary N) is 2. The van der Waals surface area contributed by atoms with E-state index >= 15 is 0 Å². The molecule has 0 aromatic rings. The van der Waals surface area contributed by atoms with Crippen molar-refractivity contribution in [3.63, 3.8) is 0 Å². The maximum atomic E-state index is 12.1. The number of rotatable bonds is 6. The van der Waals surface area contributed by atoms with Crippen molar-refractivity contribution < 1.29 is 4.79 Å². The lowest BCUT2D eigenvalue weighted by Crippen LogP contribution is -2.43. The molecule has 4 heteroatoms. The molecular formula is C17H33N3O. The Morgan fingerprint density at radius 3 is 2.71 bits per heavy atom. The van der Waals surface area contributed by atoms with Gasteiger partial charge in [-0.15, -0.1) is 0 Å². The van der Waals surface area contributed by atoms with Gasteiger partial charge in [0.25, 0.3) is 0 Å². The molecule has 1 aliphatic carbocycles. The number of piperidine rings is 1. The monoisotopic (exact) mass is 295 g/mol. The molecule has 2 atom stereocenters. The van der Waals surface area contributed by atoms with Gasteiger partial charge in [0.2, 0.25) is 5.91 Å². The molecule has 1 aliphatic heterocycles. The topological polar surface area (TPSA) is 44.4 Å². The van der Waals surface area contributed by atoms with Gasteiger partial charge in [-0.1, -0.05) is 19.3 Å². The molecule has 0 spiro atoms. The molecule has 0 radical (unpaired) electrons. The summed E-state index contributed by atoms with van der Waals surface area (Å²) in [6.45, 7) is 5.07. The quantitative estimate of drug-likeness (QED) is 0.738. The van der Waals surface area contributed by atoms with Crippen molar-refractivity contribution in [1.29, 1.82) is 0 Å². The van der Waals surface area contributed by atoms with Gasteiger partial charge in [0.1, 0.15) is 0 Å². The van der Waals surface area contributed by atoms with Crippen LogP contribution in [0.15, 0.2) is 0 Å². The van der Waals surface area contributed by atoms with Crippen molar-refractivity contribution >= 4 is 5.91 Å². The van der Waals surface area contributed by atoms with Crippen LogP contribution in [0.1, 0.15) is 58.3 Å². The fourth-order valence-corrected chi connectivity index (χ4v) is 3.76. The molecule has 1 heterocycles. The van der Waals surface area contributed by atoms with E-state index < -0.39 is 0 Å². The molecule has 2 N–H and O–H groups in total. The third-order valence-electron chi connectivity index (χ3n) is 5.18. The van der Waals surface area contributed by atoms with Gasteiger partial charge in [-0.3, -0.25) is 4.79 Å². The molecule has 1 saturated carbocycles. The fourth-order valence-electron chi connectivity index (χ4n) is 3.76. The van der Waals surface area contributed by atoms with E-state index in [1.54, 1.807) is 0 Å². The molecule has 2 fully saturated rings. The summed E-state index contributed by atoms with van der Waals surface area (Å²) >= 11 is 0. The Morgan fingerprint density at radius 2 is 2.00 bits per heavy atom. The standard InChI is InChI=1S/C17H33N3O/c1-14-13-15(9-11-18-14)17(21)19-10-6-12-20(2)16-7-4-3-5-8-16/h14-16,18H,3-13H2,1-2H3,(H,19,21)/t14-,15-/m0/s1. The van der Waals surface area contributed by atoms with E-state index in [0.29, 0.717) is 6.04 Å². The van der Waals surface area contributed by atoms with Crippen LogP contribution < -0.4 is 10.6 Å². The van der Waals surface area contributed by atoms with Gasteiger partial charge in [-0.2, -0.15) is 0 Å². The number of hydrogen-bond donors (Lipinski definition) is 2. The predicted molar refractivity (Wildman–Crippen MR) is 87.3 cm³/mol. The van der Waals surface area contributed by atoms with Crippen molar-refractivity contribution in [3.05, 3.63) is 0 Å². The summed E-state index contributed by atoms with van der Waals surface area (Å²) in [5, 5.41) is 6.54. The second-order valence-electron chi connectivity index (χ2n) is 6.99. The lowest BCUT2D eigenvalue weighted by atomic mass is 9.92. The first-order valence-electron chi connectivity index (χ1n) is 8.88. The predicted octanol–water partition coefficient (Wildman–Crippen LogP) is 2.15. The van der Waals surface area contributed by atoms with Crippen molar-refractivity contribution in [3.8, 4) is 0 Å². The first-order chi connectivity index (χ1) is 10.2. The van der Waals surface area contributed by atoms with Crippen molar-refractivity contribution in [2.75, 3.05) is 26.7 Å². The molecule has 0 aromatic carbocycles. The smallest absolute Gasteiger partial charge is 0.223 e. The van der Waals surface area contributed by atoms with E-state index in [1.165, 1.54) is 32.1 Å². The number of carbonyl (C=O) groups is 1. The van der Waals surface area contributed by atoms with Crippen molar-refractivity contribution in [2.45, 2.75) is 70.4 Å². The Kier molecular flexibility index (Phi) is 6.97. The SMILES string of the molecule is C[C@H]1C[C@@H](C(=O)NCCCN(C)C2CCCCC2)CCN1. The molecule has 2 aliphatic rings. The highest BCUT2D eigenvalue weighted by molar-refractivity contribution is 5.78. The number of amides is 1. The van der Waals surface area contributed by atoms with Gasteiger partial charge in [0.05, 0.1) is 0 Å². The molecule has 0 bridgehead atoms. The van der Waals surface area contributed by atoms with Crippen molar-refractivity contribution in [2.24, 2.45) is 5.92 Å². The largest absolute Gasteiger partial charge is 0.356 e. The van der Waals surface area contributed by atoms with Crippen LogP contribution in [0, 0.1) is 5.92 Å². The first kappa shape index (κ1) is 16.8. The Morgan fingerprint density at radius 1 is 1.24 bits per heavy atom. The first-order valence-corrected chi connectivity index (χ1v) is 8.88. The van der Waals surface area contributed by atoms with E-state index in [0.717, 1.165) is 44.9 Å². The lowest BCUT2D eigenvalue weighted by molar-refractivity contribution is -0.126. The molecule has 4 nitrogen and oxygen atoms in total. The molecule has 0 aromatic heterocycles. The Hall–Kier alpha value is -0.610. The Balaban J connectivity index is 1.57. The van der Waals surface area contributed by atoms with Crippen LogP contribution in [0.25, 0.3) is 0 Å². The van der Waals surface area contributed by atoms with Gasteiger partial charge >= 0.3 is 0 Å². The van der Waals surface area contributed by atoms with Crippen LogP contribution in [-0.2, 0) is 4.79 Å². The number of hydrogen-bond acceptors (Lipinski definition) is 3. The third-order valence-corrected chi connectivity index (χ3v) is 5.18. The van der Waals surface area contributed by atoms with Crippen LogP contribution in [0.5, 0.6) is 0 Å². The van der Waals surface area contributed by atoms with Crippen LogP contribution in [0.3, 0.4) is 0 Å². The van der Waals surface area contributed by atoms with E-state index in [9.17, 15) is 4.79 Å². The van der Waals surface area contributed by atoms with Gasteiger partial charge in [0.15, 0.2) is 0 Å². The van der Waals surface area contributed by atoms with Gasteiger partial charge in [-0.25, -0.2) is 0 Å². The molecule has 1 saturated heterocycles. The molecule has 0 unspecified atom stereocenters. The Bertz CT molecular complexity index is 315. The molecule has 122 valence electrons. The summed E-state index contributed by atoms with van der Waals surface area (Å²) in [5.41, 5.74) is 0. The summed E-state index contributed by atoms with van der Waals surface area (Å²) < 4.78 is 0. The zero-order chi connectivity index (χ0) is 15.1. The van der Waals surface area contributed by atoms with E-state index in [2.05, 4.69) is 29.5 Å². The molecule has 21 heavy (non-hydrogen) atoms. The van der Waals surface area contributed by atoms with Gasteiger partial charge in [-0.05, 0) is 59.2 Å². The molecule has 2 rings (SSSR count). The minimum Gasteiger partial charge on any atom is -0.356 e. The minimum absolute atomic E-state index is 0.220. The van der Waals surface area contributed by atoms with Crippen LogP contribution in [0.2, 0.25) is 0 Å². The van der Waals surface area contributed by atoms with Gasteiger partial charge < -0.3 is 15.5 Å². The fraction of sp³-hybridized carbons (Fsp3) is 0.941. The lowest BCUT2D eigenvalue weighted by Gasteiger charge is -2.31. The van der Waals surface area contributed by atoms with Crippen LogP contribution >= 0.6 is 0 Å². The van der Waals surface area contributed by atoms with Gasteiger partial charge in [0, 0.05) is 24.5 Å². The highest BCUT2D eigenvalue weighted by atomic mass is 16.1. The zero-order valence-electron chi connectivity index (χ0n) is 13.9. The highest BCUT2D eigenvalue weighted by Gasteiger charge is 2.24. The summed E-state index contributed by atoms with van der Waals surface area (Å²) in [6.07, 6.45) is 9.94. The average molecular weight is 295 g/mol. The van der Waals surface area contributed by atoms with Crippen LogP contribution in [-0.4, -0.2) is 49.6 Å². The number of nitrogens with zero attached hydrogens (tertiary/aromatic N) is 1. The Labute approximate surface area is 130 Å². The summed E-state index contributed by atoms with van der Waals surface area (Å²) in [4.78, 5) is 14.6. The van der Waals surface area contributed by atoms with E-state index in [1.807, 2.05) is 0 Å². The average Bonchev–Trinajstić information content (AvgIpc) is 2.52. The zero-order valence-corrected chi connectivity index (χ0v) is 13.9. The van der Waals surface area contributed by atoms with Crippen molar-refractivity contribution in [1.82, 2.24) is 15.5 Å². The normalized spacial score (nSPS) is 27.8. The summed E-state index contributed by atoms with van der Waals surface area (Å²) in [6, 6.07) is 1.26. The molecule has 1 amide bonds.